The summed E-state index contributed by atoms with van der Waals surface area (Å²) >= 11 is 8.79. The van der Waals surface area contributed by atoms with E-state index in [1.807, 2.05) is 12.1 Å². The third kappa shape index (κ3) is 3.37. The van der Waals surface area contributed by atoms with E-state index in [9.17, 15) is 0 Å². The van der Waals surface area contributed by atoms with Crippen LogP contribution in [0.2, 0.25) is 0 Å². The van der Waals surface area contributed by atoms with Crippen molar-refractivity contribution in [3.63, 3.8) is 0 Å². The molecule has 0 bridgehead atoms. The molecule has 2 aromatic rings. The van der Waals surface area contributed by atoms with Crippen LogP contribution in [0.3, 0.4) is 0 Å². The average molecular weight is 406 g/mol. The van der Waals surface area contributed by atoms with Gasteiger partial charge in [0, 0.05) is 11.8 Å². The molecule has 0 aliphatic rings. The third-order valence-electron chi connectivity index (χ3n) is 2.70. The fraction of sp³-hybridized carbons (Fsp3) is 0.308. The molecule has 0 fully saturated rings. The highest BCUT2D eigenvalue weighted by molar-refractivity contribution is 9.12. The van der Waals surface area contributed by atoms with Gasteiger partial charge in [0.25, 0.3) is 0 Å². The van der Waals surface area contributed by atoms with Crippen LogP contribution in [-0.2, 0) is 0 Å². The quantitative estimate of drug-likeness (QED) is 0.801. The number of hydrogen-bond acceptors (Lipinski definition) is 4. The largest absolute Gasteiger partial charge is 0.495 e. The van der Waals surface area contributed by atoms with Gasteiger partial charge in [-0.05, 0) is 56.6 Å². The molecule has 19 heavy (non-hydrogen) atoms. The lowest BCUT2D eigenvalue weighted by atomic mass is 10.1. The zero-order valence-corrected chi connectivity index (χ0v) is 14.6. The molecule has 1 atom stereocenters. The maximum absolute atomic E-state index is 5.41. The Morgan fingerprint density at radius 3 is 2.84 bits per heavy atom. The molecule has 0 aromatic carbocycles. The monoisotopic (exact) mass is 404 g/mol. The van der Waals surface area contributed by atoms with Crippen molar-refractivity contribution in [2.75, 3.05) is 13.7 Å². The van der Waals surface area contributed by atoms with Crippen molar-refractivity contribution in [3.8, 4) is 5.75 Å². The Hall–Kier alpha value is -0.430. The highest BCUT2D eigenvalue weighted by Crippen LogP contribution is 2.39. The van der Waals surface area contributed by atoms with Crippen LogP contribution in [0.4, 0.5) is 0 Å². The van der Waals surface area contributed by atoms with Gasteiger partial charge in [-0.3, -0.25) is 4.98 Å². The first-order valence-electron chi connectivity index (χ1n) is 5.84. The lowest BCUT2D eigenvalue weighted by Crippen LogP contribution is -2.23. The summed E-state index contributed by atoms with van der Waals surface area (Å²) in [5.74, 6) is 0.794. The fourth-order valence-corrected chi connectivity index (χ4v) is 4.80. The van der Waals surface area contributed by atoms with Crippen molar-refractivity contribution >= 4 is 43.2 Å². The highest BCUT2D eigenvalue weighted by Gasteiger charge is 2.22. The van der Waals surface area contributed by atoms with E-state index in [1.54, 1.807) is 24.6 Å². The van der Waals surface area contributed by atoms with Gasteiger partial charge >= 0.3 is 0 Å². The van der Waals surface area contributed by atoms with Crippen LogP contribution < -0.4 is 10.1 Å². The van der Waals surface area contributed by atoms with Crippen LogP contribution in [0.25, 0.3) is 0 Å². The lowest BCUT2D eigenvalue weighted by Gasteiger charge is -2.19. The van der Waals surface area contributed by atoms with Crippen LogP contribution in [0.5, 0.6) is 5.75 Å². The molecule has 0 saturated heterocycles. The predicted octanol–water partition coefficient (Wildman–Crippen LogP) is 4.38. The van der Waals surface area contributed by atoms with Gasteiger partial charge in [0.2, 0.25) is 0 Å². The average Bonchev–Trinajstić information content (AvgIpc) is 2.75. The number of nitrogens with one attached hydrogen (secondary N) is 1. The molecule has 0 amide bonds. The lowest BCUT2D eigenvalue weighted by molar-refractivity contribution is 0.400. The number of ether oxygens (including phenoxy) is 1. The Kier molecular flexibility index (Phi) is 5.38. The first-order chi connectivity index (χ1) is 9.17. The van der Waals surface area contributed by atoms with Crippen molar-refractivity contribution < 1.29 is 4.74 Å². The predicted molar refractivity (Wildman–Crippen MR) is 86.0 cm³/mol. The molecule has 0 radical (unpaired) electrons. The molecule has 6 heteroatoms. The Labute approximate surface area is 133 Å². The van der Waals surface area contributed by atoms with Gasteiger partial charge in [0.05, 0.1) is 20.7 Å². The van der Waals surface area contributed by atoms with E-state index in [-0.39, 0.29) is 6.04 Å². The molecule has 3 nitrogen and oxygen atoms in total. The minimum atomic E-state index is 0.0121. The van der Waals surface area contributed by atoms with E-state index in [0.29, 0.717) is 0 Å². The molecule has 102 valence electrons. The van der Waals surface area contributed by atoms with E-state index in [2.05, 4.69) is 55.2 Å². The van der Waals surface area contributed by atoms with Crippen LogP contribution in [-0.4, -0.2) is 18.6 Å². The number of methoxy groups -OCH3 is 1. The maximum Gasteiger partial charge on any atom is 0.142 e. The summed E-state index contributed by atoms with van der Waals surface area (Å²) in [7, 11) is 1.67. The van der Waals surface area contributed by atoms with Crippen molar-refractivity contribution in [1.29, 1.82) is 0 Å². The minimum Gasteiger partial charge on any atom is -0.495 e. The first-order valence-corrected chi connectivity index (χ1v) is 8.24. The molecular formula is C13H14Br2N2OS. The highest BCUT2D eigenvalue weighted by atomic mass is 79.9. The molecule has 2 heterocycles. The summed E-state index contributed by atoms with van der Waals surface area (Å²) < 4.78 is 7.60. The number of rotatable bonds is 5. The van der Waals surface area contributed by atoms with Crippen LogP contribution >= 0.6 is 43.2 Å². The number of hydrogen-bond donors (Lipinski definition) is 1. The van der Waals surface area contributed by atoms with Gasteiger partial charge < -0.3 is 10.1 Å². The minimum absolute atomic E-state index is 0.0121. The van der Waals surface area contributed by atoms with E-state index in [0.717, 1.165) is 31.1 Å². The van der Waals surface area contributed by atoms with Gasteiger partial charge in [-0.25, -0.2) is 0 Å². The summed E-state index contributed by atoms with van der Waals surface area (Å²) in [5, 5.41) is 3.46. The van der Waals surface area contributed by atoms with Gasteiger partial charge in [-0.2, -0.15) is 0 Å². The molecular weight excluding hydrogens is 392 g/mol. The van der Waals surface area contributed by atoms with Crippen LogP contribution in [0.1, 0.15) is 24.2 Å². The van der Waals surface area contributed by atoms with Crippen molar-refractivity contribution in [2.24, 2.45) is 0 Å². The van der Waals surface area contributed by atoms with Gasteiger partial charge in [0.1, 0.15) is 11.4 Å². The zero-order chi connectivity index (χ0) is 13.8. The van der Waals surface area contributed by atoms with Gasteiger partial charge in [-0.15, -0.1) is 11.3 Å². The second-order valence-electron chi connectivity index (χ2n) is 3.86. The van der Waals surface area contributed by atoms with Gasteiger partial charge in [-0.1, -0.05) is 6.92 Å². The summed E-state index contributed by atoms with van der Waals surface area (Å²) in [4.78, 5) is 4.48. The second kappa shape index (κ2) is 6.83. The van der Waals surface area contributed by atoms with Crippen molar-refractivity contribution in [1.82, 2.24) is 10.3 Å². The SMILES string of the molecule is CCNC(c1cc(Br)sc1Br)c1ncccc1OC. The topological polar surface area (TPSA) is 34.2 Å². The second-order valence-corrected chi connectivity index (χ2v) is 7.61. The standard InChI is InChI=1S/C13H14Br2N2OS/c1-3-16-11(8-7-10(14)19-13(8)15)12-9(18-2)5-4-6-17-12/h4-7,11,16H,3H2,1-2H3. The molecule has 0 spiro atoms. The van der Waals surface area contributed by atoms with Crippen LogP contribution in [0, 0.1) is 0 Å². The number of halogens is 2. The maximum atomic E-state index is 5.41. The van der Waals surface area contributed by atoms with Crippen LogP contribution in [0.15, 0.2) is 32.0 Å². The van der Waals surface area contributed by atoms with Crippen molar-refractivity contribution in [2.45, 2.75) is 13.0 Å². The molecule has 0 aliphatic heterocycles. The Morgan fingerprint density at radius 2 is 2.26 bits per heavy atom. The molecule has 0 saturated carbocycles. The summed E-state index contributed by atoms with van der Waals surface area (Å²) in [6.45, 7) is 2.93. The van der Waals surface area contributed by atoms with E-state index in [4.69, 9.17) is 4.74 Å². The van der Waals surface area contributed by atoms with E-state index >= 15 is 0 Å². The summed E-state index contributed by atoms with van der Waals surface area (Å²) in [6, 6.07) is 5.93. The molecule has 0 aliphatic carbocycles. The molecule has 2 rings (SSSR count). The smallest absolute Gasteiger partial charge is 0.142 e. The summed E-state index contributed by atoms with van der Waals surface area (Å²) in [6.07, 6.45) is 1.79. The number of aromatic nitrogens is 1. The Morgan fingerprint density at radius 1 is 1.47 bits per heavy atom. The number of pyridine rings is 1. The molecule has 1 unspecified atom stereocenters. The van der Waals surface area contributed by atoms with E-state index < -0.39 is 0 Å². The first kappa shape index (κ1) is 15.0. The summed E-state index contributed by atoms with van der Waals surface area (Å²) in [5.41, 5.74) is 2.06. The number of nitrogens with zero attached hydrogens (tertiary/aromatic N) is 1. The third-order valence-corrected chi connectivity index (χ3v) is 5.08. The van der Waals surface area contributed by atoms with Crippen molar-refractivity contribution in [3.05, 3.63) is 43.2 Å². The van der Waals surface area contributed by atoms with E-state index in [1.165, 1.54) is 0 Å². The fourth-order valence-electron chi connectivity index (χ4n) is 1.90. The number of thiophene rings is 1. The normalized spacial score (nSPS) is 12.4. The molecule has 2 aromatic heterocycles. The Bertz CT molecular complexity index is 559. The molecule has 1 N–H and O–H groups in total. The zero-order valence-electron chi connectivity index (χ0n) is 10.6. The van der Waals surface area contributed by atoms with Gasteiger partial charge in [0.15, 0.2) is 0 Å². The Balaban J connectivity index is 2.48.